The Bertz CT molecular complexity index is 450. The molecular weight excluding hydrogens is 264 g/mol. The fraction of sp³-hybridized carbons (Fsp3) is 0.615. The maximum absolute atomic E-state index is 12.0. The molecule has 6 heteroatoms. The number of amides is 1. The minimum Gasteiger partial charge on any atom is -0.480 e. The van der Waals surface area contributed by atoms with Gasteiger partial charge in [0.25, 0.3) is 5.91 Å². The third kappa shape index (κ3) is 2.94. The number of nitrogens with one attached hydrogen (secondary N) is 1. The number of aliphatic carboxylic acids is 1. The highest BCUT2D eigenvalue weighted by Crippen LogP contribution is 2.34. The summed E-state index contributed by atoms with van der Waals surface area (Å²) in [5.74, 6) is -0.687. The Kier molecular flexibility index (Phi) is 4.19. The van der Waals surface area contributed by atoms with Crippen molar-refractivity contribution < 1.29 is 14.7 Å². The van der Waals surface area contributed by atoms with Crippen LogP contribution in [0.1, 0.15) is 48.7 Å². The summed E-state index contributed by atoms with van der Waals surface area (Å²) >= 11 is 1.22. The number of carbonyl (C=O) groups is 2. The lowest BCUT2D eigenvalue weighted by Gasteiger charge is -2.37. The van der Waals surface area contributed by atoms with E-state index in [1.54, 1.807) is 5.51 Å². The molecule has 1 aliphatic rings. The molecule has 1 aromatic rings. The zero-order valence-electron chi connectivity index (χ0n) is 10.9. The zero-order chi connectivity index (χ0) is 13.9. The van der Waals surface area contributed by atoms with Crippen molar-refractivity contribution in [2.75, 3.05) is 0 Å². The van der Waals surface area contributed by atoms with Crippen LogP contribution in [0.3, 0.4) is 0 Å². The highest BCUT2D eigenvalue weighted by atomic mass is 32.1. The van der Waals surface area contributed by atoms with Crippen LogP contribution in [0.15, 0.2) is 11.7 Å². The van der Waals surface area contributed by atoms with Crippen LogP contribution in [0.4, 0.5) is 0 Å². The van der Waals surface area contributed by atoms with Crippen LogP contribution >= 0.6 is 11.3 Å². The molecule has 104 valence electrons. The summed E-state index contributed by atoms with van der Waals surface area (Å²) in [6.07, 6.45) is 5.25. The number of carboxylic acid groups (broad SMARTS) is 1. The number of nitrogens with zero attached hydrogens (tertiary/aromatic N) is 1. The normalized spacial score (nSPS) is 26.9. The summed E-state index contributed by atoms with van der Waals surface area (Å²) in [5, 5.41) is 12.2. The Morgan fingerprint density at radius 2 is 2.21 bits per heavy atom. The predicted molar refractivity (Wildman–Crippen MR) is 72.2 cm³/mol. The molecule has 2 N–H and O–H groups in total. The molecule has 1 saturated carbocycles. The second-order valence-electron chi connectivity index (χ2n) is 5.06. The van der Waals surface area contributed by atoms with E-state index in [9.17, 15) is 14.7 Å². The van der Waals surface area contributed by atoms with E-state index in [0.29, 0.717) is 23.6 Å². The van der Waals surface area contributed by atoms with Crippen molar-refractivity contribution in [3.63, 3.8) is 0 Å². The lowest BCUT2D eigenvalue weighted by Crippen LogP contribution is -2.56. The second-order valence-corrected chi connectivity index (χ2v) is 5.95. The summed E-state index contributed by atoms with van der Waals surface area (Å²) in [4.78, 5) is 27.9. The number of rotatable bonds is 4. The van der Waals surface area contributed by atoms with Crippen molar-refractivity contribution in [1.29, 1.82) is 0 Å². The molecule has 0 unspecified atom stereocenters. The van der Waals surface area contributed by atoms with Crippen LogP contribution in [-0.2, 0) is 4.79 Å². The van der Waals surface area contributed by atoms with Crippen LogP contribution in [0.5, 0.6) is 0 Å². The fourth-order valence-electron chi connectivity index (χ4n) is 2.58. The first-order valence-electron chi connectivity index (χ1n) is 6.52. The summed E-state index contributed by atoms with van der Waals surface area (Å²) in [5.41, 5.74) is 0.461. The van der Waals surface area contributed by atoms with Gasteiger partial charge in [-0.3, -0.25) is 9.78 Å². The lowest BCUT2D eigenvalue weighted by molar-refractivity contribution is -0.146. The minimum atomic E-state index is -1.10. The number of hydrogen-bond acceptors (Lipinski definition) is 4. The molecule has 1 amide bonds. The largest absolute Gasteiger partial charge is 0.480 e. The maximum atomic E-state index is 12.0. The smallest absolute Gasteiger partial charge is 0.329 e. The van der Waals surface area contributed by atoms with Crippen LogP contribution in [0, 0.1) is 5.92 Å². The average molecular weight is 282 g/mol. The molecule has 5 nitrogen and oxygen atoms in total. The maximum Gasteiger partial charge on any atom is 0.329 e. The van der Waals surface area contributed by atoms with E-state index < -0.39 is 11.5 Å². The molecular formula is C13H18N2O3S. The van der Waals surface area contributed by atoms with Crippen molar-refractivity contribution in [2.24, 2.45) is 5.92 Å². The van der Waals surface area contributed by atoms with Crippen molar-refractivity contribution >= 4 is 23.2 Å². The SMILES string of the molecule is CCC1CCC(NC(=O)c2cncs2)(C(=O)O)CC1. The van der Waals surface area contributed by atoms with Gasteiger partial charge in [-0.05, 0) is 31.6 Å². The number of thiazole rings is 1. The van der Waals surface area contributed by atoms with Gasteiger partial charge >= 0.3 is 5.97 Å². The molecule has 0 radical (unpaired) electrons. The highest BCUT2D eigenvalue weighted by molar-refractivity contribution is 7.11. The van der Waals surface area contributed by atoms with E-state index >= 15 is 0 Å². The van der Waals surface area contributed by atoms with Crippen molar-refractivity contribution in [2.45, 2.75) is 44.6 Å². The van der Waals surface area contributed by atoms with Gasteiger partial charge in [0.1, 0.15) is 10.4 Å². The van der Waals surface area contributed by atoms with Crippen molar-refractivity contribution in [3.05, 3.63) is 16.6 Å². The Morgan fingerprint density at radius 3 is 2.68 bits per heavy atom. The van der Waals surface area contributed by atoms with Crippen LogP contribution < -0.4 is 5.32 Å². The fourth-order valence-corrected chi connectivity index (χ4v) is 3.09. The molecule has 19 heavy (non-hydrogen) atoms. The molecule has 1 fully saturated rings. The van der Waals surface area contributed by atoms with E-state index in [2.05, 4.69) is 17.2 Å². The van der Waals surface area contributed by atoms with E-state index in [4.69, 9.17) is 0 Å². The Labute approximate surface area is 116 Å². The van der Waals surface area contributed by atoms with Gasteiger partial charge in [-0.1, -0.05) is 13.3 Å². The molecule has 0 aromatic carbocycles. The average Bonchev–Trinajstić information content (AvgIpc) is 2.93. The Morgan fingerprint density at radius 1 is 1.53 bits per heavy atom. The molecule has 1 aromatic heterocycles. The molecule has 0 saturated heterocycles. The second kappa shape index (κ2) is 5.69. The molecule has 2 rings (SSSR count). The van der Waals surface area contributed by atoms with Crippen LogP contribution in [0.2, 0.25) is 0 Å². The molecule has 0 aliphatic heterocycles. The van der Waals surface area contributed by atoms with Gasteiger partial charge in [-0.15, -0.1) is 11.3 Å². The van der Waals surface area contributed by atoms with E-state index in [1.165, 1.54) is 17.5 Å². The molecule has 0 spiro atoms. The van der Waals surface area contributed by atoms with Crippen LogP contribution in [0.25, 0.3) is 0 Å². The highest BCUT2D eigenvalue weighted by Gasteiger charge is 2.43. The summed E-state index contributed by atoms with van der Waals surface area (Å²) in [6.45, 7) is 2.12. The van der Waals surface area contributed by atoms with E-state index in [0.717, 1.165) is 19.3 Å². The minimum absolute atomic E-state index is 0.333. The third-order valence-corrected chi connectivity index (χ3v) is 4.73. The number of carboxylic acids is 1. The topological polar surface area (TPSA) is 79.3 Å². The van der Waals surface area contributed by atoms with E-state index in [1.807, 2.05) is 0 Å². The Hall–Kier alpha value is -1.43. The third-order valence-electron chi connectivity index (χ3n) is 3.95. The van der Waals surface area contributed by atoms with Crippen molar-refractivity contribution in [1.82, 2.24) is 10.3 Å². The number of aromatic nitrogens is 1. The molecule has 1 aliphatic carbocycles. The first-order valence-corrected chi connectivity index (χ1v) is 7.40. The number of carbonyl (C=O) groups excluding carboxylic acids is 1. The Balaban J connectivity index is 2.09. The van der Waals surface area contributed by atoms with Gasteiger partial charge in [0.2, 0.25) is 0 Å². The standard InChI is InChI=1S/C13H18N2O3S/c1-2-9-3-5-13(6-4-9,12(17)18)15-11(16)10-7-14-8-19-10/h7-9H,2-6H2,1H3,(H,15,16)(H,17,18). The molecule has 0 atom stereocenters. The summed E-state index contributed by atoms with van der Waals surface area (Å²) < 4.78 is 0. The first-order chi connectivity index (χ1) is 9.07. The monoisotopic (exact) mass is 282 g/mol. The van der Waals surface area contributed by atoms with Crippen LogP contribution in [-0.4, -0.2) is 27.5 Å². The lowest BCUT2D eigenvalue weighted by atomic mass is 9.75. The molecule has 1 heterocycles. The van der Waals surface area contributed by atoms with Gasteiger partial charge < -0.3 is 10.4 Å². The zero-order valence-corrected chi connectivity index (χ0v) is 11.7. The predicted octanol–water partition coefficient (Wildman–Crippen LogP) is 2.30. The molecule has 0 bridgehead atoms. The first kappa shape index (κ1) is 14.0. The van der Waals surface area contributed by atoms with Crippen molar-refractivity contribution in [3.8, 4) is 0 Å². The van der Waals surface area contributed by atoms with Gasteiger partial charge in [0, 0.05) is 0 Å². The van der Waals surface area contributed by atoms with Gasteiger partial charge in [0.15, 0.2) is 0 Å². The van der Waals surface area contributed by atoms with Gasteiger partial charge in [-0.25, -0.2) is 4.79 Å². The summed E-state index contributed by atoms with van der Waals surface area (Å²) in [6, 6.07) is 0. The van der Waals surface area contributed by atoms with Gasteiger partial charge in [-0.2, -0.15) is 0 Å². The van der Waals surface area contributed by atoms with E-state index in [-0.39, 0.29) is 5.91 Å². The van der Waals surface area contributed by atoms with Gasteiger partial charge in [0.05, 0.1) is 11.7 Å². The number of hydrogen-bond donors (Lipinski definition) is 2. The quantitative estimate of drug-likeness (QED) is 0.888. The summed E-state index contributed by atoms with van der Waals surface area (Å²) in [7, 11) is 0.